The normalized spacial score (nSPS) is 16.2. The molecule has 1 amide bonds. The number of pyridine rings is 1. The van der Waals surface area contributed by atoms with Crippen LogP contribution in [0.5, 0.6) is 0 Å². The number of carbonyl (C=O) groups excluding carboxylic acids is 2. The molecule has 194 valence electrons. The van der Waals surface area contributed by atoms with E-state index in [1.54, 1.807) is 36.4 Å². The monoisotopic (exact) mass is 583 g/mol. The smallest absolute Gasteiger partial charge is 0.407 e. The highest BCUT2D eigenvalue weighted by molar-refractivity contribution is 6.54. The van der Waals surface area contributed by atoms with Crippen LogP contribution in [-0.4, -0.2) is 55.2 Å². The van der Waals surface area contributed by atoms with Crippen LogP contribution in [0.15, 0.2) is 47.1 Å². The van der Waals surface area contributed by atoms with Crippen molar-refractivity contribution in [2.45, 2.75) is 42.5 Å². The van der Waals surface area contributed by atoms with Gasteiger partial charge in [-0.15, -0.1) is 0 Å². The Balaban J connectivity index is 1.58. The Morgan fingerprint density at radius 1 is 1.11 bits per heavy atom. The van der Waals surface area contributed by atoms with E-state index in [0.717, 1.165) is 4.90 Å². The zero-order chi connectivity index (χ0) is 26.7. The number of likely N-dealkylation sites (tertiary alicyclic amines) is 1. The summed E-state index contributed by atoms with van der Waals surface area (Å²) < 4.78 is 5.48. The highest BCUT2D eigenvalue weighted by atomic mass is 35.5. The predicted octanol–water partition coefficient (Wildman–Crippen LogP) is 6.66. The van der Waals surface area contributed by atoms with Crippen LogP contribution >= 0.6 is 46.4 Å². The molecular weight excluding hydrogens is 564 g/mol. The first-order valence-corrected chi connectivity index (χ1v) is 13.0. The highest BCUT2D eigenvalue weighted by Gasteiger charge is 2.35. The molecular formula is C25H21Cl4N3O5. The maximum atomic E-state index is 12.9. The lowest BCUT2D eigenvalue weighted by Crippen LogP contribution is -2.39. The fraction of sp³-hybridized carbons (Fsp3) is 0.320. The summed E-state index contributed by atoms with van der Waals surface area (Å²) in [6.07, 6.45) is 1.53. The fourth-order valence-electron chi connectivity index (χ4n) is 4.46. The first-order chi connectivity index (χ1) is 17.7. The summed E-state index contributed by atoms with van der Waals surface area (Å²) >= 11 is 24.4. The lowest BCUT2D eigenvalue weighted by molar-refractivity contribution is -0.123. The maximum absolute atomic E-state index is 12.9. The molecule has 3 heterocycles. The Morgan fingerprint density at radius 3 is 2.51 bits per heavy atom. The SMILES string of the molecule is O=C(C(Cl)Cl)C(CCC(=O)C1CCCN1C(=O)O)c1ccnc(-c2cc(-c3c(Cl)cccc3Cl)no2)c1. The van der Waals surface area contributed by atoms with Gasteiger partial charge in [0.05, 0.1) is 16.1 Å². The van der Waals surface area contributed by atoms with E-state index in [-0.39, 0.29) is 18.6 Å². The number of carboxylic acid groups (broad SMARTS) is 1. The first kappa shape index (κ1) is 27.4. The van der Waals surface area contributed by atoms with Crippen LogP contribution in [0.2, 0.25) is 10.0 Å². The number of benzene rings is 1. The molecule has 0 radical (unpaired) electrons. The van der Waals surface area contributed by atoms with Crippen molar-refractivity contribution < 1.29 is 24.0 Å². The molecule has 1 aliphatic heterocycles. The molecule has 37 heavy (non-hydrogen) atoms. The van der Waals surface area contributed by atoms with Gasteiger partial charge in [-0.05, 0) is 49.1 Å². The molecule has 3 aromatic rings. The molecule has 2 aromatic heterocycles. The van der Waals surface area contributed by atoms with Gasteiger partial charge in [-0.1, -0.05) is 57.6 Å². The van der Waals surface area contributed by atoms with Gasteiger partial charge in [0.25, 0.3) is 0 Å². The Kier molecular flexibility index (Phi) is 8.75. The standard InChI is InChI=1S/C25H21Cl4N3O5/c26-15-3-1-4-16(27)22(15)18-12-21(37-31-18)17-11-13(8-9-30-17)14(23(34)24(28)29)6-7-20(33)19-5-2-10-32(19)25(35)36/h1,3-4,8-9,11-12,14,19,24H,2,5-7,10H2,(H,35,36). The number of alkyl halides is 2. The van der Waals surface area contributed by atoms with Gasteiger partial charge in [-0.2, -0.15) is 0 Å². The molecule has 1 fully saturated rings. The Bertz CT molecular complexity index is 1310. The van der Waals surface area contributed by atoms with Gasteiger partial charge < -0.3 is 9.63 Å². The molecule has 0 spiro atoms. The largest absolute Gasteiger partial charge is 0.465 e. The van der Waals surface area contributed by atoms with Crippen LogP contribution < -0.4 is 0 Å². The van der Waals surface area contributed by atoms with E-state index in [9.17, 15) is 19.5 Å². The third-order valence-corrected chi connectivity index (χ3v) is 7.34. The van der Waals surface area contributed by atoms with Crippen molar-refractivity contribution in [3.8, 4) is 22.7 Å². The van der Waals surface area contributed by atoms with E-state index in [1.807, 2.05) is 0 Å². The van der Waals surface area contributed by atoms with Crippen LogP contribution in [0.3, 0.4) is 0 Å². The molecule has 1 aromatic carbocycles. The van der Waals surface area contributed by atoms with E-state index in [2.05, 4.69) is 10.1 Å². The summed E-state index contributed by atoms with van der Waals surface area (Å²) in [7, 11) is 0. The van der Waals surface area contributed by atoms with E-state index >= 15 is 0 Å². The number of amides is 1. The molecule has 0 aliphatic carbocycles. The van der Waals surface area contributed by atoms with Crippen molar-refractivity contribution in [3.63, 3.8) is 0 Å². The summed E-state index contributed by atoms with van der Waals surface area (Å²) in [6, 6.07) is 9.27. The van der Waals surface area contributed by atoms with Gasteiger partial charge in [0, 0.05) is 36.7 Å². The maximum Gasteiger partial charge on any atom is 0.407 e. The molecule has 0 saturated carbocycles. The molecule has 2 atom stereocenters. The average Bonchev–Trinajstić information content (AvgIpc) is 3.55. The number of Topliss-reactive ketones (excluding diaryl/α,β-unsaturated/α-hetero) is 2. The lowest BCUT2D eigenvalue weighted by atomic mass is 9.89. The van der Waals surface area contributed by atoms with Crippen molar-refractivity contribution in [2.75, 3.05) is 6.54 Å². The predicted molar refractivity (Wildman–Crippen MR) is 140 cm³/mol. The third-order valence-electron chi connectivity index (χ3n) is 6.28. The molecule has 12 heteroatoms. The zero-order valence-corrected chi connectivity index (χ0v) is 22.3. The first-order valence-electron chi connectivity index (χ1n) is 11.4. The highest BCUT2D eigenvalue weighted by Crippen LogP contribution is 2.36. The van der Waals surface area contributed by atoms with E-state index in [0.29, 0.717) is 57.7 Å². The molecule has 4 rings (SSSR count). The van der Waals surface area contributed by atoms with Crippen LogP contribution in [0.4, 0.5) is 4.79 Å². The molecule has 1 N–H and O–H groups in total. The summed E-state index contributed by atoms with van der Waals surface area (Å²) in [5.41, 5.74) is 1.84. The lowest BCUT2D eigenvalue weighted by Gasteiger charge is -2.22. The van der Waals surface area contributed by atoms with Gasteiger partial charge in [0.1, 0.15) is 11.4 Å². The second kappa shape index (κ2) is 11.8. The molecule has 2 unspecified atom stereocenters. The zero-order valence-electron chi connectivity index (χ0n) is 19.2. The molecule has 1 aliphatic rings. The molecule has 0 bridgehead atoms. The number of carbonyl (C=O) groups is 3. The minimum Gasteiger partial charge on any atom is -0.465 e. The number of aromatic nitrogens is 2. The summed E-state index contributed by atoms with van der Waals surface area (Å²) in [6.45, 7) is 0.311. The summed E-state index contributed by atoms with van der Waals surface area (Å²) in [5.74, 6) is -1.22. The van der Waals surface area contributed by atoms with Gasteiger partial charge in [0.15, 0.2) is 22.2 Å². The summed E-state index contributed by atoms with van der Waals surface area (Å²) in [5, 5.41) is 14.2. The Hall–Kier alpha value is -2.65. The van der Waals surface area contributed by atoms with Gasteiger partial charge in [-0.25, -0.2) is 4.79 Å². The average molecular weight is 585 g/mol. The topological polar surface area (TPSA) is 114 Å². The van der Waals surface area contributed by atoms with Crippen LogP contribution in [-0.2, 0) is 9.59 Å². The third kappa shape index (κ3) is 6.09. The second-order valence-electron chi connectivity index (χ2n) is 8.54. The summed E-state index contributed by atoms with van der Waals surface area (Å²) in [4.78, 5) is 41.3. The Labute approximate surface area is 232 Å². The minimum atomic E-state index is -1.31. The number of hydrogen-bond acceptors (Lipinski definition) is 6. The number of halogens is 4. The van der Waals surface area contributed by atoms with Crippen LogP contribution in [0.1, 0.15) is 37.2 Å². The Morgan fingerprint density at radius 2 is 1.84 bits per heavy atom. The van der Waals surface area contributed by atoms with E-state index in [1.165, 1.54) is 6.20 Å². The van der Waals surface area contributed by atoms with Gasteiger partial charge >= 0.3 is 6.09 Å². The molecule has 8 nitrogen and oxygen atoms in total. The fourth-order valence-corrected chi connectivity index (χ4v) is 5.36. The van der Waals surface area contributed by atoms with Crippen LogP contribution in [0.25, 0.3) is 22.7 Å². The van der Waals surface area contributed by atoms with Crippen molar-refractivity contribution >= 4 is 64.1 Å². The van der Waals surface area contributed by atoms with Crippen LogP contribution in [0, 0.1) is 0 Å². The second-order valence-corrected chi connectivity index (χ2v) is 10.5. The van der Waals surface area contributed by atoms with Gasteiger partial charge in [0.2, 0.25) is 0 Å². The number of hydrogen-bond donors (Lipinski definition) is 1. The van der Waals surface area contributed by atoms with E-state index < -0.39 is 28.7 Å². The number of ketones is 2. The molecule has 1 saturated heterocycles. The van der Waals surface area contributed by atoms with E-state index in [4.69, 9.17) is 50.9 Å². The van der Waals surface area contributed by atoms with Crippen molar-refractivity contribution in [3.05, 3.63) is 58.2 Å². The van der Waals surface area contributed by atoms with Crippen molar-refractivity contribution in [1.82, 2.24) is 15.0 Å². The number of nitrogens with zero attached hydrogens (tertiary/aromatic N) is 3. The van der Waals surface area contributed by atoms with Crippen molar-refractivity contribution in [2.24, 2.45) is 0 Å². The van der Waals surface area contributed by atoms with Gasteiger partial charge in [-0.3, -0.25) is 19.5 Å². The minimum absolute atomic E-state index is 0.0134. The quantitative estimate of drug-likeness (QED) is 0.280. The van der Waals surface area contributed by atoms with Crippen molar-refractivity contribution in [1.29, 1.82) is 0 Å². The number of rotatable bonds is 9.